The lowest BCUT2D eigenvalue weighted by atomic mass is 9.89. The number of carbonyl (C=O) groups excluding carboxylic acids is 1. The Labute approximate surface area is 113 Å². The van der Waals surface area contributed by atoms with Crippen LogP contribution >= 0.6 is 22.9 Å². The van der Waals surface area contributed by atoms with Crippen molar-refractivity contribution in [1.82, 2.24) is 4.90 Å². The molecule has 0 radical (unpaired) electrons. The molecule has 96 valence electrons. The number of hydrogen-bond donors (Lipinski definition) is 1. The van der Waals surface area contributed by atoms with E-state index in [4.69, 9.17) is 16.7 Å². The van der Waals surface area contributed by atoms with Crippen LogP contribution in [0.2, 0.25) is 4.34 Å². The van der Waals surface area contributed by atoms with E-state index in [1.807, 2.05) is 0 Å². The van der Waals surface area contributed by atoms with Gasteiger partial charge in [-0.25, -0.2) is 0 Å². The molecule has 1 N–H and O–H groups in total. The van der Waals surface area contributed by atoms with E-state index in [1.165, 1.54) is 11.3 Å². The second kappa shape index (κ2) is 4.24. The zero-order valence-electron chi connectivity index (χ0n) is 9.51. The van der Waals surface area contributed by atoms with Gasteiger partial charge in [0.2, 0.25) is 0 Å². The molecule has 1 amide bonds. The SMILES string of the molecule is O=C(O)C1CC2CCC1N2C(=O)c1ccc(Cl)s1. The molecule has 4 nitrogen and oxygen atoms in total. The molecule has 18 heavy (non-hydrogen) atoms. The standard InChI is InChI=1S/C12H12ClNO3S/c13-10-4-3-9(18-10)11(15)14-6-1-2-8(14)7(5-6)12(16)17/h3-4,6-8H,1-2,5H2,(H,16,17). The van der Waals surface area contributed by atoms with E-state index < -0.39 is 11.9 Å². The Balaban J connectivity index is 1.85. The smallest absolute Gasteiger partial charge is 0.308 e. The van der Waals surface area contributed by atoms with Crippen LogP contribution in [0.15, 0.2) is 12.1 Å². The Bertz CT molecular complexity index is 515. The normalized spacial score (nSPS) is 29.8. The minimum absolute atomic E-state index is 0.0665. The molecule has 3 heterocycles. The number of hydrogen-bond acceptors (Lipinski definition) is 3. The first-order valence-corrected chi connectivity index (χ1v) is 7.08. The Morgan fingerprint density at radius 2 is 2.17 bits per heavy atom. The summed E-state index contributed by atoms with van der Waals surface area (Å²) in [4.78, 5) is 25.9. The summed E-state index contributed by atoms with van der Waals surface area (Å²) in [6, 6.07) is 3.36. The number of halogens is 1. The largest absolute Gasteiger partial charge is 0.481 e. The highest BCUT2D eigenvalue weighted by Gasteiger charge is 2.51. The van der Waals surface area contributed by atoms with Gasteiger partial charge < -0.3 is 10.0 Å². The summed E-state index contributed by atoms with van der Waals surface area (Å²) in [5, 5.41) is 9.15. The lowest BCUT2D eigenvalue weighted by molar-refractivity contribution is -0.142. The number of carbonyl (C=O) groups is 2. The fraction of sp³-hybridized carbons (Fsp3) is 0.500. The van der Waals surface area contributed by atoms with Gasteiger partial charge in [0.15, 0.2) is 0 Å². The molecule has 6 heteroatoms. The number of thiophene rings is 1. The predicted octanol–water partition coefficient (Wildman–Crippen LogP) is 2.48. The van der Waals surface area contributed by atoms with Gasteiger partial charge in [-0.2, -0.15) is 0 Å². The van der Waals surface area contributed by atoms with Crippen molar-refractivity contribution in [2.75, 3.05) is 0 Å². The van der Waals surface area contributed by atoms with Gasteiger partial charge in [0, 0.05) is 12.1 Å². The third kappa shape index (κ3) is 1.73. The van der Waals surface area contributed by atoms with Crippen LogP contribution in [0, 0.1) is 5.92 Å². The van der Waals surface area contributed by atoms with E-state index in [9.17, 15) is 9.59 Å². The maximum atomic E-state index is 12.4. The van der Waals surface area contributed by atoms with Gasteiger partial charge in [-0.3, -0.25) is 9.59 Å². The maximum Gasteiger partial charge on any atom is 0.308 e. The van der Waals surface area contributed by atoms with E-state index >= 15 is 0 Å². The average Bonchev–Trinajstić information content (AvgIpc) is 3.01. The van der Waals surface area contributed by atoms with Gasteiger partial charge in [-0.1, -0.05) is 11.6 Å². The van der Waals surface area contributed by atoms with Gasteiger partial charge in [-0.15, -0.1) is 11.3 Å². The molecule has 0 aliphatic carbocycles. The number of nitrogens with zero attached hydrogens (tertiary/aromatic N) is 1. The molecule has 1 aromatic heterocycles. The summed E-state index contributed by atoms with van der Waals surface area (Å²) in [6.07, 6.45) is 2.30. The Morgan fingerprint density at radius 3 is 2.72 bits per heavy atom. The highest BCUT2D eigenvalue weighted by Crippen LogP contribution is 2.43. The molecule has 1 aromatic rings. The number of carboxylic acids is 1. The van der Waals surface area contributed by atoms with E-state index in [0.29, 0.717) is 15.6 Å². The summed E-state index contributed by atoms with van der Waals surface area (Å²) in [5.41, 5.74) is 0. The molecule has 2 fully saturated rings. The van der Waals surface area contributed by atoms with E-state index in [2.05, 4.69) is 0 Å². The molecule has 2 bridgehead atoms. The van der Waals surface area contributed by atoms with Crippen LogP contribution < -0.4 is 0 Å². The molecule has 3 unspecified atom stereocenters. The van der Waals surface area contributed by atoms with Crippen molar-refractivity contribution in [3.8, 4) is 0 Å². The van der Waals surface area contributed by atoms with Gasteiger partial charge in [-0.05, 0) is 31.4 Å². The van der Waals surface area contributed by atoms with Crippen LogP contribution in [-0.4, -0.2) is 34.0 Å². The summed E-state index contributed by atoms with van der Waals surface area (Å²) in [7, 11) is 0. The van der Waals surface area contributed by atoms with E-state index in [0.717, 1.165) is 12.8 Å². The van der Waals surface area contributed by atoms with Crippen molar-refractivity contribution in [3.63, 3.8) is 0 Å². The number of rotatable bonds is 2. The summed E-state index contributed by atoms with van der Waals surface area (Å²) in [6.45, 7) is 0. The summed E-state index contributed by atoms with van der Waals surface area (Å²) >= 11 is 7.08. The summed E-state index contributed by atoms with van der Waals surface area (Å²) in [5.74, 6) is -1.25. The Kier molecular flexibility index (Phi) is 2.83. The molecule has 2 saturated heterocycles. The zero-order chi connectivity index (χ0) is 12.9. The van der Waals surface area contributed by atoms with E-state index in [1.54, 1.807) is 17.0 Å². The van der Waals surface area contributed by atoms with E-state index in [-0.39, 0.29) is 18.0 Å². The molecule has 0 spiro atoms. The second-order valence-electron chi connectivity index (χ2n) is 4.80. The Hall–Kier alpha value is -1.07. The minimum atomic E-state index is -0.788. The van der Waals surface area contributed by atoms with Crippen LogP contribution in [0.4, 0.5) is 0 Å². The zero-order valence-corrected chi connectivity index (χ0v) is 11.1. The lowest BCUT2D eigenvalue weighted by Crippen LogP contribution is -2.37. The topological polar surface area (TPSA) is 57.6 Å². The fourth-order valence-corrected chi connectivity index (χ4v) is 4.11. The molecular formula is C12H12ClNO3S. The molecular weight excluding hydrogens is 274 g/mol. The molecule has 2 aliphatic heterocycles. The monoisotopic (exact) mass is 285 g/mol. The first-order chi connectivity index (χ1) is 8.58. The quantitative estimate of drug-likeness (QED) is 0.908. The highest BCUT2D eigenvalue weighted by molar-refractivity contribution is 7.17. The number of carboxylic acid groups (broad SMARTS) is 1. The van der Waals surface area contributed by atoms with Gasteiger partial charge in [0.25, 0.3) is 5.91 Å². The van der Waals surface area contributed by atoms with Gasteiger partial charge in [0.1, 0.15) is 0 Å². The third-order valence-corrected chi connectivity index (χ3v) is 5.09. The minimum Gasteiger partial charge on any atom is -0.481 e. The fourth-order valence-electron chi connectivity index (χ4n) is 3.13. The molecule has 3 rings (SSSR count). The van der Waals surface area contributed by atoms with Crippen molar-refractivity contribution in [1.29, 1.82) is 0 Å². The van der Waals surface area contributed by atoms with Crippen LogP contribution in [0.1, 0.15) is 28.9 Å². The van der Waals surface area contributed by atoms with Gasteiger partial charge >= 0.3 is 5.97 Å². The van der Waals surface area contributed by atoms with Crippen molar-refractivity contribution in [2.24, 2.45) is 5.92 Å². The number of amides is 1. The average molecular weight is 286 g/mol. The van der Waals surface area contributed by atoms with Crippen molar-refractivity contribution >= 4 is 34.8 Å². The van der Waals surface area contributed by atoms with Crippen LogP contribution in [-0.2, 0) is 4.79 Å². The first-order valence-electron chi connectivity index (χ1n) is 5.88. The van der Waals surface area contributed by atoms with Crippen molar-refractivity contribution in [3.05, 3.63) is 21.3 Å². The molecule has 0 aromatic carbocycles. The van der Waals surface area contributed by atoms with Crippen LogP contribution in [0.25, 0.3) is 0 Å². The number of aliphatic carboxylic acids is 1. The molecule has 0 saturated carbocycles. The molecule has 3 atom stereocenters. The van der Waals surface area contributed by atoms with Gasteiger partial charge in [0.05, 0.1) is 15.1 Å². The van der Waals surface area contributed by atoms with Crippen LogP contribution in [0.5, 0.6) is 0 Å². The highest BCUT2D eigenvalue weighted by atomic mass is 35.5. The lowest BCUT2D eigenvalue weighted by Gasteiger charge is -2.22. The third-order valence-electron chi connectivity index (χ3n) is 3.87. The van der Waals surface area contributed by atoms with Crippen molar-refractivity contribution in [2.45, 2.75) is 31.3 Å². The number of fused-ring (bicyclic) bond motifs is 2. The molecule has 2 aliphatic rings. The van der Waals surface area contributed by atoms with Crippen molar-refractivity contribution < 1.29 is 14.7 Å². The second-order valence-corrected chi connectivity index (χ2v) is 6.51. The summed E-state index contributed by atoms with van der Waals surface area (Å²) < 4.78 is 0.583. The maximum absolute atomic E-state index is 12.4. The van der Waals surface area contributed by atoms with Crippen LogP contribution in [0.3, 0.4) is 0 Å². The first kappa shape index (κ1) is 12.0. The Morgan fingerprint density at radius 1 is 1.39 bits per heavy atom. The predicted molar refractivity (Wildman–Crippen MR) is 68.1 cm³/mol.